The number of hydrogen-bond acceptors (Lipinski definition) is 5. The van der Waals surface area contributed by atoms with Gasteiger partial charge in [-0.3, -0.25) is 4.79 Å². The van der Waals surface area contributed by atoms with Gasteiger partial charge in [-0.05, 0) is 26.0 Å². The van der Waals surface area contributed by atoms with Gasteiger partial charge in [0.2, 0.25) is 5.91 Å². The molecule has 0 atom stereocenters. The monoisotopic (exact) mass is 369 g/mol. The molecule has 0 saturated heterocycles. The second kappa shape index (κ2) is 5.70. The highest BCUT2D eigenvalue weighted by atomic mass is 35.5. The standard InChI is InChI=1S/C17H16ClN7O/c1-7(2)25-17-11(15(19)21-6-22-17)13(24-25)14-12(18)9-4-3-8(16(20)26)5-10(9)23-14/h3-7,23H,1-2H3,(H2,20,26)(H2,19,21,22). The summed E-state index contributed by atoms with van der Waals surface area (Å²) >= 11 is 6.59. The van der Waals surface area contributed by atoms with Gasteiger partial charge in [0, 0.05) is 22.5 Å². The molecule has 8 nitrogen and oxygen atoms in total. The number of nitrogens with zero attached hydrogens (tertiary/aromatic N) is 4. The molecule has 0 unspecified atom stereocenters. The minimum absolute atomic E-state index is 0.0742. The summed E-state index contributed by atoms with van der Waals surface area (Å²) in [5, 5.41) is 6.53. The molecule has 0 radical (unpaired) electrons. The summed E-state index contributed by atoms with van der Waals surface area (Å²) in [6.45, 7) is 4.00. The number of nitrogen functional groups attached to an aromatic ring is 1. The summed E-state index contributed by atoms with van der Waals surface area (Å²) in [5.74, 6) is -0.184. The van der Waals surface area contributed by atoms with Crippen LogP contribution in [-0.4, -0.2) is 30.6 Å². The summed E-state index contributed by atoms with van der Waals surface area (Å²) in [6, 6.07) is 5.12. The van der Waals surface area contributed by atoms with Crippen LogP contribution >= 0.6 is 11.6 Å². The molecule has 9 heteroatoms. The number of fused-ring (bicyclic) bond motifs is 2. The zero-order valence-corrected chi connectivity index (χ0v) is 14.9. The van der Waals surface area contributed by atoms with Crippen LogP contribution in [0.5, 0.6) is 0 Å². The summed E-state index contributed by atoms with van der Waals surface area (Å²) in [5.41, 5.74) is 14.3. The van der Waals surface area contributed by atoms with E-state index in [1.54, 1.807) is 22.9 Å². The lowest BCUT2D eigenvalue weighted by molar-refractivity contribution is 0.100. The van der Waals surface area contributed by atoms with Gasteiger partial charge < -0.3 is 16.5 Å². The number of aromatic nitrogens is 5. The molecule has 1 aromatic carbocycles. The van der Waals surface area contributed by atoms with Gasteiger partial charge >= 0.3 is 0 Å². The fourth-order valence-corrected chi connectivity index (χ4v) is 3.31. The lowest BCUT2D eigenvalue weighted by atomic mass is 10.1. The van der Waals surface area contributed by atoms with Crippen molar-refractivity contribution in [1.29, 1.82) is 0 Å². The van der Waals surface area contributed by atoms with Crippen LogP contribution in [-0.2, 0) is 0 Å². The Morgan fingerprint density at radius 3 is 2.77 bits per heavy atom. The van der Waals surface area contributed by atoms with E-state index in [1.165, 1.54) is 6.33 Å². The van der Waals surface area contributed by atoms with Gasteiger partial charge in [-0.25, -0.2) is 14.6 Å². The van der Waals surface area contributed by atoms with Crippen LogP contribution in [0, 0.1) is 0 Å². The molecule has 1 amide bonds. The highest BCUT2D eigenvalue weighted by Gasteiger charge is 2.22. The number of hydrogen-bond donors (Lipinski definition) is 3. The van der Waals surface area contributed by atoms with E-state index in [0.717, 1.165) is 5.39 Å². The van der Waals surface area contributed by atoms with E-state index in [9.17, 15) is 4.79 Å². The fourth-order valence-electron chi connectivity index (χ4n) is 3.01. The second-order valence-corrected chi connectivity index (χ2v) is 6.66. The van der Waals surface area contributed by atoms with E-state index in [1.807, 2.05) is 13.8 Å². The van der Waals surface area contributed by atoms with Gasteiger partial charge in [0.15, 0.2) is 5.65 Å². The number of amides is 1. The van der Waals surface area contributed by atoms with Crippen molar-refractivity contribution in [1.82, 2.24) is 24.7 Å². The molecular weight excluding hydrogens is 354 g/mol. The molecule has 0 aliphatic rings. The molecule has 0 spiro atoms. The normalized spacial score (nSPS) is 11.7. The van der Waals surface area contributed by atoms with Gasteiger partial charge in [0.05, 0.1) is 16.1 Å². The first-order valence-corrected chi connectivity index (χ1v) is 8.36. The van der Waals surface area contributed by atoms with Crippen LogP contribution in [0.1, 0.15) is 30.2 Å². The Kier molecular flexibility index (Phi) is 3.58. The van der Waals surface area contributed by atoms with Crippen molar-refractivity contribution in [3.8, 4) is 11.4 Å². The highest BCUT2D eigenvalue weighted by Crippen LogP contribution is 2.38. The molecule has 5 N–H and O–H groups in total. The van der Waals surface area contributed by atoms with Crippen LogP contribution in [0.4, 0.5) is 5.82 Å². The molecule has 0 saturated carbocycles. The average molecular weight is 370 g/mol. The molecule has 3 aromatic heterocycles. The Morgan fingerprint density at radius 2 is 2.08 bits per heavy atom. The van der Waals surface area contributed by atoms with Gasteiger partial charge in [-0.2, -0.15) is 5.10 Å². The zero-order chi connectivity index (χ0) is 18.6. The molecule has 132 valence electrons. The zero-order valence-electron chi connectivity index (χ0n) is 14.1. The van der Waals surface area contributed by atoms with Crippen LogP contribution in [0.25, 0.3) is 33.3 Å². The average Bonchev–Trinajstić information content (AvgIpc) is 3.14. The Labute approximate surface area is 153 Å². The van der Waals surface area contributed by atoms with Crippen molar-refractivity contribution >= 4 is 45.3 Å². The Balaban J connectivity index is 2.04. The summed E-state index contributed by atoms with van der Waals surface area (Å²) < 4.78 is 1.78. The van der Waals surface area contributed by atoms with Crippen LogP contribution in [0.3, 0.4) is 0 Å². The Hall–Kier alpha value is -3.13. The van der Waals surface area contributed by atoms with Gasteiger partial charge in [0.25, 0.3) is 0 Å². The maximum Gasteiger partial charge on any atom is 0.248 e. The molecule has 0 aliphatic heterocycles. The third-order valence-corrected chi connectivity index (χ3v) is 4.66. The van der Waals surface area contributed by atoms with E-state index in [-0.39, 0.29) is 6.04 Å². The fraction of sp³-hybridized carbons (Fsp3) is 0.176. The van der Waals surface area contributed by atoms with Crippen molar-refractivity contribution < 1.29 is 4.79 Å². The quantitative estimate of drug-likeness (QED) is 0.511. The van der Waals surface area contributed by atoms with Crippen molar-refractivity contribution in [2.24, 2.45) is 5.73 Å². The van der Waals surface area contributed by atoms with Crippen LogP contribution in [0.2, 0.25) is 5.02 Å². The first-order valence-electron chi connectivity index (χ1n) is 7.98. The van der Waals surface area contributed by atoms with Crippen molar-refractivity contribution in [3.05, 3.63) is 35.1 Å². The van der Waals surface area contributed by atoms with E-state index in [0.29, 0.717) is 44.3 Å². The SMILES string of the molecule is CC(C)n1nc(-c2[nH]c3cc(C(N)=O)ccc3c2Cl)c2c(N)ncnc21. The number of rotatable bonds is 3. The van der Waals surface area contributed by atoms with Crippen molar-refractivity contribution in [2.75, 3.05) is 5.73 Å². The number of nitrogens with one attached hydrogen (secondary N) is 1. The molecule has 0 bridgehead atoms. The molecule has 0 fully saturated rings. The van der Waals surface area contributed by atoms with Crippen molar-refractivity contribution in [3.63, 3.8) is 0 Å². The third-order valence-electron chi connectivity index (χ3n) is 4.26. The Bertz CT molecular complexity index is 1170. The summed E-state index contributed by atoms with van der Waals surface area (Å²) in [7, 11) is 0. The van der Waals surface area contributed by atoms with Crippen LogP contribution in [0.15, 0.2) is 24.5 Å². The van der Waals surface area contributed by atoms with Gasteiger partial charge in [0.1, 0.15) is 17.8 Å². The first kappa shape index (κ1) is 16.3. The summed E-state index contributed by atoms with van der Waals surface area (Å²) in [6.07, 6.45) is 1.41. The highest BCUT2D eigenvalue weighted by molar-refractivity contribution is 6.38. The predicted octanol–water partition coefficient (Wildman–Crippen LogP) is 2.89. The minimum atomic E-state index is -0.508. The number of aromatic amines is 1. The van der Waals surface area contributed by atoms with E-state index in [2.05, 4.69) is 20.1 Å². The molecule has 0 aliphatic carbocycles. The molecule has 4 rings (SSSR count). The molecule has 3 heterocycles. The van der Waals surface area contributed by atoms with E-state index in [4.69, 9.17) is 23.1 Å². The number of carbonyl (C=O) groups is 1. The number of anilines is 1. The number of halogens is 1. The predicted molar refractivity (Wildman–Crippen MR) is 101 cm³/mol. The maximum absolute atomic E-state index is 11.4. The van der Waals surface area contributed by atoms with Crippen molar-refractivity contribution in [2.45, 2.75) is 19.9 Å². The van der Waals surface area contributed by atoms with Gasteiger partial charge in [-0.1, -0.05) is 17.7 Å². The number of carbonyl (C=O) groups excluding carboxylic acids is 1. The third kappa shape index (κ3) is 2.30. The number of H-pyrrole nitrogens is 1. The smallest absolute Gasteiger partial charge is 0.248 e. The molecule has 26 heavy (non-hydrogen) atoms. The van der Waals surface area contributed by atoms with Crippen LogP contribution < -0.4 is 11.5 Å². The van der Waals surface area contributed by atoms with E-state index < -0.39 is 5.91 Å². The Morgan fingerprint density at radius 1 is 1.31 bits per heavy atom. The second-order valence-electron chi connectivity index (χ2n) is 6.28. The van der Waals surface area contributed by atoms with E-state index >= 15 is 0 Å². The van der Waals surface area contributed by atoms with Gasteiger partial charge in [-0.15, -0.1) is 0 Å². The maximum atomic E-state index is 11.4. The number of nitrogens with two attached hydrogens (primary N) is 2. The molecule has 4 aromatic rings. The number of benzene rings is 1. The topological polar surface area (TPSA) is 128 Å². The lowest BCUT2D eigenvalue weighted by Gasteiger charge is -2.05. The first-order chi connectivity index (χ1) is 12.4. The number of primary amides is 1. The molecular formula is C17H16ClN7O. The lowest BCUT2D eigenvalue weighted by Crippen LogP contribution is -2.10. The minimum Gasteiger partial charge on any atom is -0.383 e. The largest absolute Gasteiger partial charge is 0.383 e. The summed E-state index contributed by atoms with van der Waals surface area (Å²) in [4.78, 5) is 23.1.